The molecule has 1 heterocycles. The van der Waals surface area contributed by atoms with E-state index in [-0.39, 0.29) is 28.0 Å². The molecule has 1 aromatic heterocycles. The summed E-state index contributed by atoms with van der Waals surface area (Å²) < 4.78 is 29.8. The highest BCUT2D eigenvalue weighted by Crippen LogP contribution is 2.31. The van der Waals surface area contributed by atoms with Crippen LogP contribution in [-0.2, 0) is 14.2 Å². The minimum atomic E-state index is 0.0615. The van der Waals surface area contributed by atoms with Crippen molar-refractivity contribution in [2.45, 2.75) is 143 Å². The molecule has 43 heavy (non-hydrogen) atoms. The van der Waals surface area contributed by atoms with E-state index >= 15 is 0 Å². The number of hydrogen-bond donors (Lipinski definition) is 2. The fourth-order valence-electron chi connectivity index (χ4n) is 5.18. The average Bonchev–Trinajstić information content (AvgIpc) is 2.84. The second kappa shape index (κ2) is 15.7. The number of rotatable bonds is 19. The van der Waals surface area contributed by atoms with Crippen molar-refractivity contribution in [2.75, 3.05) is 39.6 Å². The van der Waals surface area contributed by atoms with Gasteiger partial charge in [-0.25, -0.2) is 4.98 Å². The molecule has 0 radical (unpaired) electrons. The van der Waals surface area contributed by atoms with Crippen LogP contribution in [0.1, 0.15) is 108 Å². The number of nitrogens with one attached hydrogen (secondary N) is 2. The quantitative estimate of drug-likeness (QED) is 0.172. The van der Waals surface area contributed by atoms with Crippen LogP contribution in [0.2, 0.25) is 0 Å². The van der Waals surface area contributed by atoms with Gasteiger partial charge < -0.3 is 34.3 Å². The summed E-state index contributed by atoms with van der Waals surface area (Å²) in [7, 11) is 0. The van der Waals surface area contributed by atoms with Crippen molar-refractivity contribution in [2.24, 2.45) is 10.8 Å². The van der Waals surface area contributed by atoms with Gasteiger partial charge in [-0.1, -0.05) is 34.6 Å². The van der Waals surface area contributed by atoms with Gasteiger partial charge in [0.15, 0.2) is 0 Å². The SMILES string of the molecule is CC(C)(C)COc1ccc(OC2CC(NC(C)(C)CCC(C)(C)COCCOC3CC(OCCNC(C)(C)C)C3)C2)nc1. The summed E-state index contributed by atoms with van der Waals surface area (Å²) in [4.78, 5) is 4.44. The van der Waals surface area contributed by atoms with E-state index in [9.17, 15) is 0 Å². The summed E-state index contributed by atoms with van der Waals surface area (Å²) in [5.74, 6) is 1.45. The molecule has 2 saturated carbocycles. The maximum Gasteiger partial charge on any atom is 0.213 e. The van der Waals surface area contributed by atoms with Crippen LogP contribution in [0.5, 0.6) is 11.6 Å². The summed E-state index contributed by atoms with van der Waals surface area (Å²) in [6, 6.07) is 4.33. The van der Waals surface area contributed by atoms with Crippen LogP contribution in [0.4, 0.5) is 0 Å². The first kappa shape index (κ1) is 36.0. The van der Waals surface area contributed by atoms with Gasteiger partial charge in [-0.3, -0.25) is 0 Å². The molecule has 2 N–H and O–H groups in total. The fourth-order valence-corrected chi connectivity index (χ4v) is 5.18. The summed E-state index contributed by atoms with van der Waals surface area (Å²) >= 11 is 0. The van der Waals surface area contributed by atoms with E-state index in [1.165, 1.54) is 0 Å². The van der Waals surface area contributed by atoms with Crippen molar-refractivity contribution in [3.63, 3.8) is 0 Å². The van der Waals surface area contributed by atoms with Crippen LogP contribution in [-0.4, -0.2) is 80.0 Å². The molecular formula is C35H63N3O5. The Bertz CT molecular complexity index is 926. The lowest BCUT2D eigenvalue weighted by Gasteiger charge is -2.42. The van der Waals surface area contributed by atoms with E-state index < -0.39 is 0 Å². The molecule has 0 spiro atoms. The number of aromatic nitrogens is 1. The Hall–Kier alpha value is -1.45. The third kappa shape index (κ3) is 14.9. The fraction of sp³-hybridized carbons (Fsp3) is 0.857. The predicted octanol–water partition coefficient (Wildman–Crippen LogP) is 6.56. The van der Waals surface area contributed by atoms with Crippen LogP contribution >= 0.6 is 0 Å². The molecule has 8 nitrogen and oxygen atoms in total. The molecule has 2 aliphatic rings. The lowest BCUT2D eigenvalue weighted by atomic mass is 9.81. The molecule has 8 heteroatoms. The number of pyridine rings is 1. The van der Waals surface area contributed by atoms with Crippen molar-refractivity contribution in [1.82, 2.24) is 15.6 Å². The molecule has 2 fully saturated rings. The summed E-state index contributed by atoms with van der Waals surface area (Å²) in [6.45, 7) is 26.6. The van der Waals surface area contributed by atoms with E-state index in [0.717, 1.165) is 64.0 Å². The van der Waals surface area contributed by atoms with E-state index in [2.05, 4.69) is 84.9 Å². The maximum atomic E-state index is 6.09. The van der Waals surface area contributed by atoms with Crippen molar-refractivity contribution in [3.8, 4) is 11.6 Å². The Morgan fingerprint density at radius 1 is 0.767 bits per heavy atom. The lowest BCUT2D eigenvalue weighted by molar-refractivity contribution is -0.111. The molecular weight excluding hydrogens is 542 g/mol. The third-order valence-electron chi connectivity index (χ3n) is 8.02. The molecule has 0 aromatic carbocycles. The summed E-state index contributed by atoms with van der Waals surface area (Å²) in [5, 5.41) is 7.31. The van der Waals surface area contributed by atoms with Crippen LogP contribution in [0.25, 0.3) is 0 Å². The van der Waals surface area contributed by atoms with E-state index in [1.54, 1.807) is 6.20 Å². The molecule has 1 aromatic rings. The van der Waals surface area contributed by atoms with Gasteiger partial charge >= 0.3 is 0 Å². The van der Waals surface area contributed by atoms with Crippen molar-refractivity contribution in [1.29, 1.82) is 0 Å². The zero-order valence-corrected chi connectivity index (χ0v) is 29.0. The Kier molecular flexibility index (Phi) is 13.2. The topological polar surface area (TPSA) is 83.1 Å². The molecule has 0 aliphatic heterocycles. The Balaban J connectivity index is 1.20. The smallest absolute Gasteiger partial charge is 0.213 e. The van der Waals surface area contributed by atoms with Gasteiger partial charge in [0.05, 0.1) is 51.4 Å². The van der Waals surface area contributed by atoms with Crippen molar-refractivity contribution >= 4 is 0 Å². The maximum absolute atomic E-state index is 6.09. The summed E-state index contributed by atoms with van der Waals surface area (Å²) in [6.07, 6.45) is 8.81. The minimum Gasteiger partial charge on any atom is -0.491 e. The number of nitrogens with zero attached hydrogens (tertiary/aromatic N) is 1. The zero-order valence-electron chi connectivity index (χ0n) is 29.0. The molecule has 0 saturated heterocycles. The van der Waals surface area contributed by atoms with E-state index in [4.69, 9.17) is 23.7 Å². The van der Waals surface area contributed by atoms with Crippen molar-refractivity contribution in [3.05, 3.63) is 18.3 Å². The van der Waals surface area contributed by atoms with Crippen LogP contribution in [0.3, 0.4) is 0 Å². The van der Waals surface area contributed by atoms with Crippen LogP contribution < -0.4 is 20.1 Å². The first-order chi connectivity index (χ1) is 20.0. The van der Waals surface area contributed by atoms with Gasteiger partial charge in [0.1, 0.15) is 11.9 Å². The zero-order chi connectivity index (χ0) is 31.7. The molecule has 0 unspecified atom stereocenters. The lowest BCUT2D eigenvalue weighted by Crippen LogP contribution is -2.54. The first-order valence-electron chi connectivity index (χ1n) is 16.6. The van der Waals surface area contributed by atoms with Gasteiger partial charge in [-0.2, -0.15) is 0 Å². The molecule has 3 rings (SSSR count). The van der Waals surface area contributed by atoms with Gasteiger partial charge in [0, 0.05) is 29.7 Å². The second-order valence-electron chi connectivity index (χ2n) is 16.5. The number of hydrogen-bond acceptors (Lipinski definition) is 8. The van der Waals surface area contributed by atoms with Crippen molar-refractivity contribution < 1.29 is 23.7 Å². The normalized spacial score (nSPS) is 23.0. The van der Waals surface area contributed by atoms with E-state index in [0.29, 0.717) is 44.0 Å². The molecule has 0 atom stereocenters. The van der Waals surface area contributed by atoms with Crippen LogP contribution in [0.15, 0.2) is 18.3 Å². The van der Waals surface area contributed by atoms with Gasteiger partial charge in [0.25, 0.3) is 0 Å². The summed E-state index contributed by atoms with van der Waals surface area (Å²) in [5.41, 5.74) is 0.444. The first-order valence-corrected chi connectivity index (χ1v) is 16.6. The van der Waals surface area contributed by atoms with E-state index in [1.807, 2.05) is 12.1 Å². The minimum absolute atomic E-state index is 0.0615. The van der Waals surface area contributed by atoms with Gasteiger partial charge in [-0.05, 0) is 90.0 Å². The Labute approximate surface area is 262 Å². The molecule has 0 bridgehead atoms. The predicted molar refractivity (Wildman–Crippen MR) is 174 cm³/mol. The van der Waals surface area contributed by atoms with Gasteiger partial charge in [-0.15, -0.1) is 0 Å². The average molecular weight is 606 g/mol. The second-order valence-corrected chi connectivity index (χ2v) is 16.5. The molecule has 248 valence electrons. The Morgan fingerprint density at radius 3 is 2.05 bits per heavy atom. The van der Waals surface area contributed by atoms with Crippen LogP contribution in [0, 0.1) is 10.8 Å². The number of ether oxygens (including phenoxy) is 5. The standard InChI is InChI=1S/C35H63N3O5/c1-32(2,3)24-42-27-11-12-31(36-23-27)43-30-19-26(20-30)38-35(9,10)14-13-34(7,8)25-39-17-18-41-29-21-28(22-29)40-16-15-37-33(4,5)6/h11-12,23,26,28-30,37-38H,13-22,24-25H2,1-10H3. The third-order valence-corrected chi connectivity index (χ3v) is 8.02. The molecule has 0 amide bonds. The van der Waals surface area contributed by atoms with Gasteiger partial charge in [0.2, 0.25) is 5.88 Å². The highest BCUT2D eigenvalue weighted by atomic mass is 16.5. The Morgan fingerprint density at radius 2 is 1.44 bits per heavy atom. The highest BCUT2D eigenvalue weighted by molar-refractivity contribution is 5.23. The largest absolute Gasteiger partial charge is 0.491 e. The molecule has 2 aliphatic carbocycles. The highest BCUT2D eigenvalue weighted by Gasteiger charge is 2.35. The monoisotopic (exact) mass is 605 g/mol.